The summed E-state index contributed by atoms with van der Waals surface area (Å²) in [4.78, 5) is 12.4. The first-order valence-corrected chi connectivity index (χ1v) is 8.25. The van der Waals surface area contributed by atoms with Crippen molar-refractivity contribution >= 4 is 15.6 Å². The molecule has 0 atom stereocenters. The fraction of sp³-hybridized carbons (Fsp3) is 0.188. The number of benzene rings is 2. The number of carbonyl (C=O) groups excluding carboxylic acids is 1. The molecule has 0 N–H and O–H groups in total. The van der Waals surface area contributed by atoms with Gasteiger partial charge in [0.15, 0.2) is 15.6 Å². The molecule has 3 nitrogen and oxygen atoms in total. The van der Waals surface area contributed by atoms with E-state index in [9.17, 15) is 17.6 Å². The average molecular weight is 306 g/mol. The maximum Gasteiger partial charge on any atom is 0.175 e. The first-order valence-electron chi connectivity index (χ1n) is 6.36. The predicted octanol–water partition coefficient (Wildman–Crippen LogP) is 2.96. The summed E-state index contributed by atoms with van der Waals surface area (Å²) in [6, 6.07) is 10.2. The highest BCUT2D eigenvalue weighted by atomic mass is 32.2. The second-order valence-electron chi connectivity index (χ2n) is 4.97. The number of rotatable bonds is 4. The second kappa shape index (κ2) is 5.77. The van der Waals surface area contributed by atoms with Crippen LogP contribution in [0.15, 0.2) is 47.4 Å². The number of hydrogen-bond donors (Lipinski definition) is 0. The van der Waals surface area contributed by atoms with Gasteiger partial charge in [0.25, 0.3) is 0 Å². The third-order valence-electron chi connectivity index (χ3n) is 3.24. The molecule has 0 heterocycles. The number of Topliss-reactive ketones (excluding diaryl/α,β-unsaturated/α-hetero) is 1. The van der Waals surface area contributed by atoms with E-state index in [-0.39, 0.29) is 22.9 Å². The molecule has 0 aromatic heterocycles. The van der Waals surface area contributed by atoms with Crippen LogP contribution in [0, 0.1) is 12.7 Å². The van der Waals surface area contributed by atoms with Crippen molar-refractivity contribution in [2.45, 2.75) is 18.2 Å². The number of halogens is 1. The molecule has 0 radical (unpaired) electrons. The van der Waals surface area contributed by atoms with Gasteiger partial charge < -0.3 is 0 Å². The van der Waals surface area contributed by atoms with Gasteiger partial charge in [0.1, 0.15) is 5.82 Å². The zero-order chi connectivity index (χ0) is 15.6. The van der Waals surface area contributed by atoms with E-state index in [1.165, 1.54) is 24.3 Å². The Kier molecular flexibility index (Phi) is 4.23. The molecule has 0 unspecified atom stereocenters. The highest BCUT2D eigenvalue weighted by Crippen LogP contribution is 2.16. The number of ketones is 1. The Labute approximate surface area is 123 Å². The lowest BCUT2D eigenvalue weighted by atomic mass is 9.99. The van der Waals surface area contributed by atoms with Crippen LogP contribution in [0.25, 0.3) is 0 Å². The molecule has 2 rings (SSSR count). The van der Waals surface area contributed by atoms with Crippen LogP contribution in [0.1, 0.15) is 21.5 Å². The average Bonchev–Trinajstić information content (AvgIpc) is 2.41. The van der Waals surface area contributed by atoms with Crippen molar-refractivity contribution in [2.75, 3.05) is 6.26 Å². The molecule has 2 aromatic carbocycles. The molecule has 110 valence electrons. The van der Waals surface area contributed by atoms with E-state index in [1.54, 1.807) is 25.1 Å². The number of carbonyl (C=O) groups is 1. The van der Waals surface area contributed by atoms with Crippen LogP contribution in [-0.4, -0.2) is 20.5 Å². The van der Waals surface area contributed by atoms with Gasteiger partial charge in [-0.05, 0) is 42.3 Å². The Morgan fingerprint density at radius 2 is 1.86 bits per heavy atom. The normalized spacial score (nSPS) is 11.4. The van der Waals surface area contributed by atoms with Gasteiger partial charge in [0, 0.05) is 18.2 Å². The van der Waals surface area contributed by atoms with Crippen molar-refractivity contribution in [1.82, 2.24) is 0 Å². The molecule has 0 aliphatic rings. The van der Waals surface area contributed by atoms with Gasteiger partial charge >= 0.3 is 0 Å². The molecule has 0 saturated carbocycles. The quantitative estimate of drug-likeness (QED) is 0.816. The minimum absolute atomic E-state index is 0.110. The van der Waals surface area contributed by atoms with Crippen molar-refractivity contribution in [3.05, 3.63) is 65.0 Å². The predicted molar refractivity (Wildman–Crippen MR) is 78.7 cm³/mol. The third kappa shape index (κ3) is 3.76. The monoisotopic (exact) mass is 306 g/mol. The van der Waals surface area contributed by atoms with Crippen LogP contribution < -0.4 is 0 Å². The summed E-state index contributed by atoms with van der Waals surface area (Å²) < 4.78 is 36.0. The van der Waals surface area contributed by atoms with Crippen LogP contribution in [0.2, 0.25) is 0 Å². The molecule has 0 fully saturated rings. The van der Waals surface area contributed by atoms with Crippen LogP contribution in [-0.2, 0) is 16.3 Å². The molecule has 0 aliphatic heterocycles. The van der Waals surface area contributed by atoms with Crippen LogP contribution >= 0.6 is 0 Å². The molecule has 0 spiro atoms. The van der Waals surface area contributed by atoms with Gasteiger partial charge in [-0.25, -0.2) is 12.8 Å². The number of hydrogen-bond acceptors (Lipinski definition) is 3. The zero-order valence-electron chi connectivity index (χ0n) is 11.8. The van der Waals surface area contributed by atoms with Crippen molar-refractivity contribution in [3.63, 3.8) is 0 Å². The Morgan fingerprint density at radius 1 is 1.14 bits per heavy atom. The number of sulfone groups is 1. The minimum Gasteiger partial charge on any atom is -0.294 e. The van der Waals surface area contributed by atoms with Crippen LogP contribution in [0.4, 0.5) is 4.39 Å². The molecule has 5 heteroatoms. The SMILES string of the molecule is Cc1cc(F)ccc1CC(=O)c1cccc(S(C)(=O)=O)c1. The maximum atomic E-state index is 13.0. The maximum absolute atomic E-state index is 13.0. The third-order valence-corrected chi connectivity index (χ3v) is 4.35. The van der Waals surface area contributed by atoms with E-state index in [2.05, 4.69) is 0 Å². The summed E-state index contributed by atoms with van der Waals surface area (Å²) in [6.07, 6.45) is 1.21. The van der Waals surface area contributed by atoms with Crippen molar-refractivity contribution in [3.8, 4) is 0 Å². The molecule has 0 saturated heterocycles. The molecular formula is C16H15FO3S. The van der Waals surface area contributed by atoms with Crippen molar-refractivity contribution in [1.29, 1.82) is 0 Å². The lowest BCUT2D eigenvalue weighted by Crippen LogP contribution is -2.07. The highest BCUT2D eigenvalue weighted by molar-refractivity contribution is 7.90. The van der Waals surface area contributed by atoms with E-state index < -0.39 is 9.84 Å². The van der Waals surface area contributed by atoms with Gasteiger partial charge in [0.2, 0.25) is 0 Å². The van der Waals surface area contributed by atoms with Crippen LogP contribution in [0.5, 0.6) is 0 Å². The highest BCUT2D eigenvalue weighted by Gasteiger charge is 2.13. The Balaban J connectivity index is 2.29. The van der Waals surface area contributed by atoms with Crippen LogP contribution in [0.3, 0.4) is 0 Å². The van der Waals surface area contributed by atoms with Gasteiger partial charge in [-0.1, -0.05) is 18.2 Å². The van der Waals surface area contributed by atoms with E-state index in [1.807, 2.05) is 0 Å². The van der Waals surface area contributed by atoms with E-state index >= 15 is 0 Å². The Hall–Kier alpha value is -2.01. The largest absolute Gasteiger partial charge is 0.294 e. The Morgan fingerprint density at radius 3 is 2.48 bits per heavy atom. The molecule has 0 bridgehead atoms. The fourth-order valence-electron chi connectivity index (χ4n) is 2.03. The summed E-state index contributed by atoms with van der Waals surface area (Å²) in [5, 5.41) is 0. The van der Waals surface area contributed by atoms with Gasteiger partial charge in [-0.15, -0.1) is 0 Å². The molecular weight excluding hydrogens is 291 g/mol. The first-order chi connectivity index (χ1) is 9.77. The Bertz CT molecular complexity index is 795. The minimum atomic E-state index is -3.35. The topological polar surface area (TPSA) is 51.2 Å². The molecule has 0 aliphatic carbocycles. The smallest absolute Gasteiger partial charge is 0.175 e. The van der Waals surface area contributed by atoms with Crippen molar-refractivity contribution < 1.29 is 17.6 Å². The first kappa shape index (κ1) is 15.4. The van der Waals surface area contributed by atoms with Gasteiger partial charge in [-0.3, -0.25) is 4.79 Å². The summed E-state index contributed by atoms with van der Waals surface area (Å²) in [5.41, 5.74) is 1.76. The van der Waals surface area contributed by atoms with E-state index in [0.29, 0.717) is 11.1 Å². The summed E-state index contributed by atoms with van der Waals surface area (Å²) in [7, 11) is -3.35. The summed E-state index contributed by atoms with van der Waals surface area (Å²) in [5.74, 6) is -0.544. The summed E-state index contributed by atoms with van der Waals surface area (Å²) in [6.45, 7) is 1.73. The van der Waals surface area contributed by atoms with Gasteiger partial charge in [0.05, 0.1) is 4.90 Å². The second-order valence-corrected chi connectivity index (χ2v) is 6.99. The molecule has 2 aromatic rings. The van der Waals surface area contributed by atoms with Crippen molar-refractivity contribution in [2.24, 2.45) is 0 Å². The van der Waals surface area contributed by atoms with E-state index in [0.717, 1.165) is 11.8 Å². The fourth-order valence-corrected chi connectivity index (χ4v) is 2.70. The lowest BCUT2D eigenvalue weighted by molar-refractivity contribution is 0.0992. The molecule has 0 amide bonds. The molecule has 21 heavy (non-hydrogen) atoms. The number of aryl methyl sites for hydroxylation is 1. The lowest BCUT2D eigenvalue weighted by Gasteiger charge is -2.06. The standard InChI is InChI=1S/C16H15FO3S/c1-11-8-14(17)7-6-12(11)10-16(18)13-4-3-5-15(9-13)21(2,19)20/h3-9H,10H2,1-2H3. The summed E-state index contributed by atoms with van der Waals surface area (Å²) >= 11 is 0. The van der Waals surface area contributed by atoms with Gasteiger partial charge in [-0.2, -0.15) is 0 Å². The van der Waals surface area contributed by atoms with E-state index in [4.69, 9.17) is 0 Å². The zero-order valence-corrected chi connectivity index (χ0v) is 12.6.